The molecule has 3 rings (SSSR count). The summed E-state index contributed by atoms with van der Waals surface area (Å²) >= 11 is 1.39. The number of aliphatic hydroxyl groups is 1. The van der Waals surface area contributed by atoms with E-state index in [0.29, 0.717) is 16.7 Å². The molecule has 0 unspecified atom stereocenters. The fourth-order valence-electron chi connectivity index (χ4n) is 2.95. The summed E-state index contributed by atoms with van der Waals surface area (Å²) in [5.41, 5.74) is 3.48. The summed E-state index contributed by atoms with van der Waals surface area (Å²) < 4.78 is 1.89. The summed E-state index contributed by atoms with van der Waals surface area (Å²) in [6, 6.07) is 6.06. The number of benzene rings is 1. The van der Waals surface area contributed by atoms with Gasteiger partial charge in [0.25, 0.3) is 0 Å². The first-order chi connectivity index (χ1) is 11.2. The van der Waals surface area contributed by atoms with Crippen molar-refractivity contribution in [2.24, 2.45) is 0 Å². The SMILES string of the molecule is CCCn1c(CO)nnc1SCC(=O)c1ccc2c(c1)CCC2. The van der Waals surface area contributed by atoms with Crippen molar-refractivity contribution in [2.45, 2.75) is 50.9 Å². The molecule has 0 amide bonds. The number of hydrogen-bond acceptors (Lipinski definition) is 5. The molecular weight excluding hydrogens is 310 g/mol. The highest BCUT2D eigenvalue weighted by Crippen LogP contribution is 2.24. The Bertz CT molecular complexity index is 712. The largest absolute Gasteiger partial charge is 0.388 e. The van der Waals surface area contributed by atoms with Crippen LogP contribution >= 0.6 is 11.8 Å². The second kappa shape index (κ2) is 7.27. The number of carbonyl (C=O) groups is 1. The molecule has 0 saturated heterocycles. The Morgan fingerprint density at radius 2 is 2.13 bits per heavy atom. The molecule has 0 aliphatic heterocycles. The molecule has 0 radical (unpaired) electrons. The van der Waals surface area contributed by atoms with Gasteiger partial charge in [-0.1, -0.05) is 30.8 Å². The van der Waals surface area contributed by atoms with Crippen molar-refractivity contribution >= 4 is 17.5 Å². The minimum atomic E-state index is -0.133. The van der Waals surface area contributed by atoms with E-state index in [1.54, 1.807) is 0 Å². The minimum Gasteiger partial charge on any atom is -0.388 e. The first kappa shape index (κ1) is 16.2. The summed E-state index contributed by atoms with van der Waals surface area (Å²) in [6.45, 7) is 2.68. The van der Waals surface area contributed by atoms with Gasteiger partial charge in [0.15, 0.2) is 16.8 Å². The molecule has 1 N–H and O–H groups in total. The van der Waals surface area contributed by atoms with E-state index in [1.165, 1.54) is 29.3 Å². The van der Waals surface area contributed by atoms with Crippen LogP contribution in [0.15, 0.2) is 23.4 Å². The van der Waals surface area contributed by atoms with Gasteiger partial charge in [-0.3, -0.25) is 4.79 Å². The van der Waals surface area contributed by atoms with Gasteiger partial charge in [-0.15, -0.1) is 10.2 Å². The predicted octanol–water partition coefficient (Wildman–Crippen LogP) is 2.64. The van der Waals surface area contributed by atoms with Crippen molar-refractivity contribution < 1.29 is 9.90 Å². The van der Waals surface area contributed by atoms with Crippen LogP contribution < -0.4 is 0 Å². The smallest absolute Gasteiger partial charge is 0.191 e. The van der Waals surface area contributed by atoms with Gasteiger partial charge < -0.3 is 9.67 Å². The van der Waals surface area contributed by atoms with Gasteiger partial charge in [0.05, 0.1) is 5.75 Å². The molecule has 23 heavy (non-hydrogen) atoms. The topological polar surface area (TPSA) is 68.0 Å². The molecule has 6 heteroatoms. The van der Waals surface area contributed by atoms with Gasteiger partial charge in [0.2, 0.25) is 0 Å². The first-order valence-electron chi connectivity index (χ1n) is 8.03. The van der Waals surface area contributed by atoms with Crippen LogP contribution in [0, 0.1) is 0 Å². The van der Waals surface area contributed by atoms with Crippen molar-refractivity contribution in [3.8, 4) is 0 Å². The summed E-state index contributed by atoms with van der Waals surface area (Å²) in [4.78, 5) is 12.4. The number of Topliss-reactive ketones (excluding diaryl/α,β-unsaturated/α-hetero) is 1. The maximum Gasteiger partial charge on any atom is 0.191 e. The number of fused-ring (bicyclic) bond motifs is 1. The standard InChI is InChI=1S/C17H21N3O2S/c1-2-8-20-16(10-21)18-19-17(20)23-11-15(22)14-7-6-12-4-3-5-13(12)9-14/h6-7,9,21H,2-5,8,10-11H2,1H3. The Kier molecular flexibility index (Phi) is 5.13. The Hall–Kier alpha value is -1.66. The Balaban J connectivity index is 1.68. The fraction of sp³-hybridized carbons (Fsp3) is 0.471. The minimum absolute atomic E-state index is 0.112. The predicted molar refractivity (Wildman–Crippen MR) is 89.8 cm³/mol. The summed E-state index contributed by atoms with van der Waals surface area (Å²) in [7, 11) is 0. The van der Waals surface area contributed by atoms with Crippen LogP contribution in [0.25, 0.3) is 0 Å². The van der Waals surface area contributed by atoms with Crippen molar-refractivity contribution in [3.63, 3.8) is 0 Å². The van der Waals surface area contributed by atoms with Crippen molar-refractivity contribution in [3.05, 3.63) is 40.7 Å². The molecule has 0 spiro atoms. The molecule has 2 aromatic rings. The number of carbonyl (C=O) groups excluding carboxylic acids is 1. The third-order valence-corrected chi connectivity index (χ3v) is 5.10. The van der Waals surface area contributed by atoms with Crippen LogP contribution in [0.3, 0.4) is 0 Å². The maximum atomic E-state index is 12.4. The molecule has 1 aliphatic carbocycles. The van der Waals surface area contributed by atoms with Crippen molar-refractivity contribution in [1.29, 1.82) is 0 Å². The number of rotatable bonds is 7. The van der Waals surface area contributed by atoms with E-state index in [0.717, 1.165) is 31.4 Å². The fourth-order valence-corrected chi connectivity index (χ4v) is 3.83. The summed E-state index contributed by atoms with van der Waals surface area (Å²) in [6.07, 6.45) is 4.32. The lowest BCUT2D eigenvalue weighted by Gasteiger charge is -2.07. The lowest BCUT2D eigenvalue weighted by atomic mass is 10.0. The number of nitrogens with zero attached hydrogens (tertiary/aromatic N) is 3. The molecule has 0 bridgehead atoms. The van der Waals surface area contributed by atoms with Crippen LogP contribution in [-0.2, 0) is 26.0 Å². The number of aliphatic hydroxyl groups excluding tert-OH is 1. The van der Waals surface area contributed by atoms with Crippen LogP contribution in [0.1, 0.15) is 47.1 Å². The van der Waals surface area contributed by atoms with Gasteiger partial charge >= 0.3 is 0 Å². The van der Waals surface area contributed by atoms with E-state index in [9.17, 15) is 9.90 Å². The number of thioether (sulfide) groups is 1. The summed E-state index contributed by atoms with van der Waals surface area (Å²) in [5.74, 6) is 1.01. The van der Waals surface area contributed by atoms with E-state index >= 15 is 0 Å². The van der Waals surface area contributed by atoms with E-state index in [1.807, 2.05) is 16.7 Å². The number of aromatic nitrogens is 3. The monoisotopic (exact) mass is 331 g/mol. The molecule has 1 aromatic carbocycles. The van der Waals surface area contributed by atoms with Crippen LogP contribution in [-0.4, -0.2) is 31.4 Å². The molecule has 5 nitrogen and oxygen atoms in total. The van der Waals surface area contributed by atoms with Gasteiger partial charge in [-0.25, -0.2) is 0 Å². The van der Waals surface area contributed by atoms with Crippen molar-refractivity contribution in [2.75, 3.05) is 5.75 Å². The molecule has 0 fully saturated rings. The maximum absolute atomic E-state index is 12.4. The van der Waals surface area contributed by atoms with Gasteiger partial charge in [0.1, 0.15) is 6.61 Å². The average molecular weight is 331 g/mol. The van der Waals surface area contributed by atoms with Crippen LogP contribution in [0.5, 0.6) is 0 Å². The number of ketones is 1. The van der Waals surface area contributed by atoms with E-state index < -0.39 is 0 Å². The molecule has 0 saturated carbocycles. The van der Waals surface area contributed by atoms with Gasteiger partial charge in [0, 0.05) is 12.1 Å². The third kappa shape index (κ3) is 3.48. The zero-order valence-corrected chi connectivity index (χ0v) is 14.1. The van der Waals surface area contributed by atoms with Gasteiger partial charge in [-0.2, -0.15) is 0 Å². The average Bonchev–Trinajstić information content (AvgIpc) is 3.18. The van der Waals surface area contributed by atoms with E-state index in [2.05, 4.69) is 23.2 Å². The molecular formula is C17H21N3O2S. The van der Waals surface area contributed by atoms with Crippen molar-refractivity contribution in [1.82, 2.24) is 14.8 Å². The lowest BCUT2D eigenvalue weighted by Crippen LogP contribution is -2.07. The molecule has 1 aliphatic rings. The molecule has 1 heterocycles. The first-order valence-corrected chi connectivity index (χ1v) is 9.02. The Labute approximate surface area is 140 Å². The Morgan fingerprint density at radius 1 is 1.30 bits per heavy atom. The van der Waals surface area contributed by atoms with E-state index in [-0.39, 0.29) is 12.4 Å². The second-order valence-electron chi connectivity index (χ2n) is 5.76. The highest BCUT2D eigenvalue weighted by atomic mass is 32.2. The summed E-state index contributed by atoms with van der Waals surface area (Å²) in [5, 5.41) is 18.1. The molecule has 122 valence electrons. The second-order valence-corrected chi connectivity index (χ2v) is 6.70. The highest BCUT2D eigenvalue weighted by Gasteiger charge is 2.16. The lowest BCUT2D eigenvalue weighted by molar-refractivity contribution is 0.102. The zero-order valence-electron chi connectivity index (χ0n) is 13.3. The molecule has 0 atom stereocenters. The number of hydrogen-bond donors (Lipinski definition) is 1. The zero-order chi connectivity index (χ0) is 16.2. The number of aryl methyl sites for hydroxylation is 2. The van der Waals surface area contributed by atoms with Crippen LogP contribution in [0.4, 0.5) is 0 Å². The quantitative estimate of drug-likeness (QED) is 0.624. The Morgan fingerprint density at radius 3 is 2.91 bits per heavy atom. The third-order valence-electron chi connectivity index (χ3n) is 4.13. The highest BCUT2D eigenvalue weighted by molar-refractivity contribution is 7.99. The normalized spacial score (nSPS) is 13.3. The van der Waals surface area contributed by atoms with E-state index in [4.69, 9.17) is 0 Å². The van der Waals surface area contributed by atoms with Crippen LogP contribution in [0.2, 0.25) is 0 Å². The molecule has 1 aromatic heterocycles. The van der Waals surface area contributed by atoms with Gasteiger partial charge in [-0.05, 0) is 42.9 Å².